The van der Waals surface area contributed by atoms with Crippen LogP contribution in [0.1, 0.15) is 25.3 Å². The first-order chi connectivity index (χ1) is 10.3. The van der Waals surface area contributed by atoms with Crippen molar-refractivity contribution in [2.75, 3.05) is 23.7 Å². The van der Waals surface area contributed by atoms with Gasteiger partial charge in [0.2, 0.25) is 5.95 Å². The van der Waals surface area contributed by atoms with Gasteiger partial charge in [0.15, 0.2) is 0 Å². The van der Waals surface area contributed by atoms with Crippen LogP contribution in [0.4, 0.5) is 11.8 Å². The summed E-state index contributed by atoms with van der Waals surface area (Å²) in [5.74, 6) is 1.53. The molecule has 0 aliphatic carbocycles. The molecule has 0 bridgehead atoms. The highest BCUT2D eigenvalue weighted by Crippen LogP contribution is 2.11. The maximum absolute atomic E-state index is 5.87. The fourth-order valence-corrected chi connectivity index (χ4v) is 2.03. The highest BCUT2D eigenvalue weighted by Gasteiger charge is 1.99. The van der Waals surface area contributed by atoms with Gasteiger partial charge in [-0.05, 0) is 36.6 Å². The summed E-state index contributed by atoms with van der Waals surface area (Å²) in [5, 5.41) is 7.31. The predicted molar refractivity (Wildman–Crippen MR) is 89.1 cm³/mol. The Hall–Kier alpha value is -1.81. The van der Waals surface area contributed by atoms with Gasteiger partial charge in [0, 0.05) is 24.3 Å². The highest BCUT2D eigenvalue weighted by molar-refractivity contribution is 6.30. The van der Waals surface area contributed by atoms with Gasteiger partial charge in [-0.25, -0.2) is 4.98 Å². The van der Waals surface area contributed by atoms with Crippen molar-refractivity contribution in [2.24, 2.45) is 0 Å². The maximum atomic E-state index is 5.87. The molecule has 2 N–H and O–H groups in total. The number of nitrogens with zero attached hydrogens (tertiary/aromatic N) is 2. The van der Waals surface area contributed by atoms with Crippen LogP contribution < -0.4 is 10.6 Å². The minimum Gasteiger partial charge on any atom is -0.370 e. The first-order valence-electron chi connectivity index (χ1n) is 7.33. The van der Waals surface area contributed by atoms with E-state index < -0.39 is 0 Å². The van der Waals surface area contributed by atoms with E-state index in [2.05, 4.69) is 27.5 Å². The zero-order valence-electron chi connectivity index (χ0n) is 12.3. The van der Waals surface area contributed by atoms with Crippen LogP contribution in [0.25, 0.3) is 0 Å². The van der Waals surface area contributed by atoms with Crippen molar-refractivity contribution in [3.8, 4) is 0 Å². The summed E-state index contributed by atoms with van der Waals surface area (Å²) >= 11 is 5.87. The minimum atomic E-state index is 0.681. The number of nitrogens with one attached hydrogen (secondary N) is 2. The molecule has 0 unspecified atom stereocenters. The van der Waals surface area contributed by atoms with E-state index in [0.717, 1.165) is 43.2 Å². The second kappa shape index (κ2) is 8.47. The van der Waals surface area contributed by atoms with Crippen molar-refractivity contribution in [3.63, 3.8) is 0 Å². The quantitative estimate of drug-likeness (QED) is 0.724. The minimum absolute atomic E-state index is 0.681. The Labute approximate surface area is 131 Å². The normalized spacial score (nSPS) is 10.4. The van der Waals surface area contributed by atoms with Crippen molar-refractivity contribution < 1.29 is 0 Å². The number of aromatic nitrogens is 2. The molecule has 0 fully saturated rings. The standard InChI is InChI=1S/C16H21ClN4/c1-2-3-10-19-16-20-12-9-15(21-16)18-11-8-13-4-6-14(17)7-5-13/h4-7,9,12H,2-3,8,10-11H2,1H3,(H2,18,19,20,21). The van der Waals surface area contributed by atoms with E-state index in [4.69, 9.17) is 11.6 Å². The number of hydrogen-bond acceptors (Lipinski definition) is 4. The maximum Gasteiger partial charge on any atom is 0.224 e. The third kappa shape index (κ3) is 5.60. The summed E-state index contributed by atoms with van der Waals surface area (Å²) in [7, 11) is 0. The summed E-state index contributed by atoms with van der Waals surface area (Å²) in [6, 6.07) is 9.80. The summed E-state index contributed by atoms with van der Waals surface area (Å²) in [4.78, 5) is 8.65. The summed E-state index contributed by atoms with van der Waals surface area (Å²) in [6.07, 6.45) is 4.98. The smallest absolute Gasteiger partial charge is 0.224 e. The second-order valence-electron chi connectivity index (χ2n) is 4.85. The largest absolute Gasteiger partial charge is 0.370 e. The average molecular weight is 305 g/mol. The van der Waals surface area contributed by atoms with E-state index in [1.807, 2.05) is 30.3 Å². The molecule has 0 saturated carbocycles. The van der Waals surface area contributed by atoms with E-state index in [-0.39, 0.29) is 0 Å². The van der Waals surface area contributed by atoms with Crippen LogP contribution in [-0.4, -0.2) is 23.1 Å². The number of benzene rings is 1. The van der Waals surface area contributed by atoms with Crippen molar-refractivity contribution in [1.29, 1.82) is 0 Å². The predicted octanol–water partition coefficient (Wildman–Crippen LogP) is 4.00. The van der Waals surface area contributed by atoms with Gasteiger partial charge in [0.25, 0.3) is 0 Å². The van der Waals surface area contributed by atoms with Crippen LogP contribution in [0.15, 0.2) is 36.5 Å². The Morgan fingerprint density at radius 2 is 1.86 bits per heavy atom. The van der Waals surface area contributed by atoms with Gasteiger partial charge in [-0.15, -0.1) is 0 Å². The lowest BCUT2D eigenvalue weighted by Crippen LogP contribution is -2.09. The van der Waals surface area contributed by atoms with Crippen molar-refractivity contribution in [3.05, 3.63) is 47.1 Å². The number of anilines is 2. The fraction of sp³-hybridized carbons (Fsp3) is 0.375. The molecular weight excluding hydrogens is 284 g/mol. The number of halogens is 1. The van der Waals surface area contributed by atoms with E-state index in [1.165, 1.54) is 5.56 Å². The van der Waals surface area contributed by atoms with E-state index in [0.29, 0.717) is 5.95 Å². The van der Waals surface area contributed by atoms with Crippen LogP contribution in [0.2, 0.25) is 5.02 Å². The Morgan fingerprint density at radius 1 is 1.05 bits per heavy atom. The van der Waals surface area contributed by atoms with Crippen LogP contribution >= 0.6 is 11.6 Å². The zero-order chi connectivity index (χ0) is 14.9. The SMILES string of the molecule is CCCCNc1nccc(NCCc2ccc(Cl)cc2)n1. The van der Waals surface area contributed by atoms with Crippen LogP contribution in [0, 0.1) is 0 Å². The first-order valence-corrected chi connectivity index (χ1v) is 7.71. The second-order valence-corrected chi connectivity index (χ2v) is 5.29. The number of rotatable bonds is 8. The third-order valence-electron chi connectivity index (χ3n) is 3.10. The summed E-state index contributed by atoms with van der Waals surface area (Å²) in [5.41, 5.74) is 1.25. The molecular formula is C16H21ClN4. The molecule has 21 heavy (non-hydrogen) atoms. The Morgan fingerprint density at radius 3 is 2.62 bits per heavy atom. The Balaban J connectivity index is 1.79. The van der Waals surface area contributed by atoms with Gasteiger partial charge in [0.1, 0.15) is 5.82 Å². The van der Waals surface area contributed by atoms with E-state index in [9.17, 15) is 0 Å². The van der Waals surface area contributed by atoms with Crippen molar-refractivity contribution in [1.82, 2.24) is 9.97 Å². The molecule has 1 aromatic heterocycles. The molecule has 4 nitrogen and oxygen atoms in total. The van der Waals surface area contributed by atoms with Gasteiger partial charge in [0.05, 0.1) is 0 Å². The summed E-state index contributed by atoms with van der Waals surface area (Å²) in [6.45, 7) is 3.90. The highest BCUT2D eigenvalue weighted by atomic mass is 35.5. The van der Waals surface area contributed by atoms with Gasteiger partial charge in [-0.3, -0.25) is 0 Å². The molecule has 112 valence electrons. The topological polar surface area (TPSA) is 49.8 Å². The zero-order valence-corrected chi connectivity index (χ0v) is 13.0. The van der Waals surface area contributed by atoms with Crippen LogP contribution in [0.5, 0.6) is 0 Å². The average Bonchev–Trinajstić information content (AvgIpc) is 2.50. The molecule has 5 heteroatoms. The molecule has 0 spiro atoms. The lowest BCUT2D eigenvalue weighted by molar-refractivity contribution is 0.826. The molecule has 2 aromatic rings. The molecule has 2 rings (SSSR count). The molecule has 0 amide bonds. The van der Waals surface area contributed by atoms with E-state index >= 15 is 0 Å². The summed E-state index contributed by atoms with van der Waals surface area (Å²) < 4.78 is 0. The third-order valence-corrected chi connectivity index (χ3v) is 3.35. The van der Waals surface area contributed by atoms with Gasteiger partial charge in [-0.2, -0.15) is 4.98 Å². The molecule has 0 atom stereocenters. The van der Waals surface area contributed by atoms with Gasteiger partial charge >= 0.3 is 0 Å². The van der Waals surface area contributed by atoms with Crippen molar-refractivity contribution in [2.45, 2.75) is 26.2 Å². The molecule has 1 aromatic carbocycles. The lowest BCUT2D eigenvalue weighted by Gasteiger charge is -2.08. The molecule has 1 heterocycles. The molecule has 0 aliphatic heterocycles. The van der Waals surface area contributed by atoms with Gasteiger partial charge in [-0.1, -0.05) is 37.1 Å². The number of hydrogen-bond donors (Lipinski definition) is 2. The van der Waals surface area contributed by atoms with Crippen LogP contribution in [0.3, 0.4) is 0 Å². The van der Waals surface area contributed by atoms with Gasteiger partial charge < -0.3 is 10.6 Å². The fourth-order valence-electron chi connectivity index (χ4n) is 1.91. The molecule has 0 saturated heterocycles. The van der Waals surface area contributed by atoms with Crippen molar-refractivity contribution >= 4 is 23.4 Å². The first kappa shape index (κ1) is 15.6. The molecule has 0 radical (unpaired) electrons. The Kier molecular flexibility index (Phi) is 6.28. The number of unbranched alkanes of at least 4 members (excludes halogenated alkanes) is 1. The monoisotopic (exact) mass is 304 g/mol. The van der Waals surface area contributed by atoms with E-state index in [1.54, 1.807) is 6.20 Å². The molecule has 0 aliphatic rings. The lowest BCUT2D eigenvalue weighted by atomic mass is 10.1. The Bertz CT molecular complexity index is 542. The van der Waals surface area contributed by atoms with Crippen LogP contribution in [-0.2, 0) is 6.42 Å².